The van der Waals surface area contributed by atoms with Gasteiger partial charge < -0.3 is 5.73 Å². The second-order valence-electron chi connectivity index (χ2n) is 4.02. The van der Waals surface area contributed by atoms with Crippen LogP contribution in [0.4, 0.5) is 0 Å². The zero-order chi connectivity index (χ0) is 11.4. The summed E-state index contributed by atoms with van der Waals surface area (Å²) < 4.78 is 2.36. The van der Waals surface area contributed by atoms with E-state index in [0.29, 0.717) is 5.92 Å². The minimum atomic E-state index is 0.157. The molecular weight excluding hydrogens is 365 g/mol. The van der Waals surface area contributed by atoms with Gasteiger partial charge in [-0.25, -0.2) is 0 Å². The van der Waals surface area contributed by atoms with Crippen molar-refractivity contribution in [2.24, 2.45) is 11.7 Å². The van der Waals surface area contributed by atoms with Gasteiger partial charge in [0.1, 0.15) is 0 Å². The van der Waals surface area contributed by atoms with E-state index in [9.17, 15) is 0 Å². The van der Waals surface area contributed by atoms with Gasteiger partial charge in [0.2, 0.25) is 0 Å². The van der Waals surface area contributed by atoms with Gasteiger partial charge in [0.25, 0.3) is 0 Å². The van der Waals surface area contributed by atoms with Crippen molar-refractivity contribution in [3.05, 3.63) is 31.8 Å². The van der Waals surface area contributed by atoms with Crippen LogP contribution >= 0.6 is 38.5 Å². The molecule has 0 aromatic heterocycles. The van der Waals surface area contributed by atoms with Crippen LogP contribution in [0.15, 0.2) is 22.7 Å². The van der Waals surface area contributed by atoms with Crippen LogP contribution in [0.2, 0.25) is 0 Å². The third kappa shape index (κ3) is 4.04. The molecular formula is C12H17BrIN. The molecule has 0 saturated heterocycles. The van der Waals surface area contributed by atoms with Crippen molar-refractivity contribution in [2.45, 2.75) is 32.7 Å². The van der Waals surface area contributed by atoms with Crippen molar-refractivity contribution in [3.8, 4) is 0 Å². The molecule has 1 rings (SSSR count). The summed E-state index contributed by atoms with van der Waals surface area (Å²) in [4.78, 5) is 0. The lowest BCUT2D eigenvalue weighted by Gasteiger charge is -2.17. The molecule has 1 nitrogen and oxygen atoms in total. The van der Waals surface area contributed by atoms with Gasteiger partial charge in [0, 0.05) is 14.1 Å². The molecule has 0 fully saturated rings. The molecule has 2 N–H and O–H groups in total. The SMILES string of the molecule is CCC(C)CC(N)c1cc(Br)ccc1I. The lowest BCUT2D eigenvalue weighted by molar-refractivity contribution is 0.460. The molecule has 2 unspecified atom stereocenters. The average Bonchev–Trinajstić information content (AvgIpc) is 2.21. The molecule has 0 aliphatic carbocycles. The molecule has 0 heterocycles. The zero-order valence-corrected chi connectivity index (χ0v) is 12.9. The van der Waals surface area contributed by atoms with Crippen LogP contribution in [0.5, 0.6) is 0 Å². The maximum Gasteiger partial charge on any atom is 0.0308 e. The third-order valence-corrected chi connectivity index (χ3v) is 4.19. The second kappa shape index (κ2) is 6.21. The fourth-order valence-electron chi connectivity index (χ4n) is 1.53. The molecule has 0 aliphatic heterocycles. The first kappa shape index (κ1) is 13.5. The Kier molecular flexibility index (Phi) is 5.57. The first-order chi connectivity index (χ1) is 7.04. The summed E-state index contributed by atoms with van der Waals surface area (Å²) in [5.41, 5.74) is 7.47. The Bertz CT molecular complexity index is 327. The van der Waals surface area contributed by atoms with Gasteiger partial charge in [-0.05, 0) is 58.7 Å². The number of halogens is 2. The predicted octanol–water partition coefficient (Wildman–Crippen LogP) is 4.49. The quantitative estimate of drug-likeness (QED) is 0.764. The summed E-state index contributed by atoms with van der Waals surface area (Å²) in [6, 6.07) is 6.45. The van der Waals surface area contributed by atoms with Gasteiger partial charge in [-0.2, -0.15) is 0 Å². The summed E-state index contributed by atoms with van der Waals surface area (Å²) in [6.45, 7) is 4.47. The third-order valence-electron chi connectivity index (χ3n) is 2.71. The van der Waals surface area contributed by atoms with Crippen LogP contribution in [-0.4, -0.2) is 0 Å². The Morgan fingerprint density at radius 3 is 2.73 bits per heavy atom. The summed E-state index contributed by atoms with van der Waals surface area (Å²) in [5.74, 6) is 0.690. The van der Waals surface area contributed by atoms with Crippen molar-refractivity contribution in [1.29, 1.82) is 0 Å². The van der Waals surface area contributed by atoms with E-state index >= 15 is 0 Å². The van der Waals surface area contributed by atoms with E-state index in [1.165, 1.54) is 15.6 Å². The van der Waals surface area contributed by atoms with Crippen molar-refractivity contribution >= 4 is 38.5 Å². The molecule has 0 spiro atoms. The summed E-state index contributed by atoms with van der Waals surface area (Å²) in [7, 11) is 0. The molecule has 0 aliphatic rings. The van der Waals surface area contributed by atoms with Crippen molar-refractivity contribution < 1.29 is 0 Å². The van der Waals surface area contributed by atoms with Crippen LogP contribution in [0.1, 0.15) is 38.3 Å². The largest absolute Gasteiger partial charge is 0.324 e. The predicted molar refractivity (Wildman–Crippen MR) is 77.9 cm³/mol. The van der Waals surface area contributed by atoms with E-state index in [0.717, 1.165) is 10.9 Å². The lowest BCUT2D eigenvalue weighted by atomic mass is 9.95. The smallest absolute Gasteiger partial charge is 0.0308 e. The number of benzene rings is 1. The van der Waals surface area contributed by atoms with Crippen LogP contribution in [-0.2, 0) is 0 Å². The maximum absolute atomic E-state index is 6.22. The van der Waals surface area contributed by atoms with E-state index < -0.39 is 0 Å². The van der Waals surface area contributed by atoms with E-state index in [2.05, 4.69) is 70.6 Å². The Labute approximate surface area is 114 Å². The molecule has 3 heteroatoms. The Morgan fingerprint density at radius 1 is 1.47 bits per heavy atom. The fourth-order valence-corrected chi connectivity index (χ4v) is 2.64. The van der Waals surface area contributed by atoms with Crippen molar-refractivity contribution in [3.63, 3.8) is 0 Å². The lowest BCUT2D eigenvalue weighted by Crippen LogP contribution is -2.15. The fraction of sp³-hybridized carbons (Fsp3) is 0.500. The van der Waals surface area contributed by atoms with Gasteiger partial charge in [-0.3, -0.25) is 0 Å². The molecule has 0 saturated carbocycles. The maximum atomic E-state index is 6.22. The highest BCUT2D eigenvalue weighted by atomic mass is 127. The molecule has 0 radical (unpaired) electrons. The van der Waals surface area contributed by atoms with Crippen LogP contribution in [0, 0.1) is 9.49 Å². The highest BCUT2D eigenvalue weighted by Gasteiger charge is 2.13. The minimum Gasteiger partial charge on any atom is -0.324 e. The molecule has 15 heavy (non-hydrogen) atoms. The van der Waals surface area contributed by atoms with Crippen LogP contribution < -0.4 is 5.73 Å². The molecule has 84 valence electrons. The van der Waals surface area contributed by atoms with Gasteiger partial charge in [0.05, 0.1) is 0 Å². The van der Waals surface area contributed by atoms with Crippen LogP contribution in [0.3, 0.4) is 0 Å². The monoisotopic (exact) mass is 381 g/mol. The Morgan fingerprint density at radius 2 is 2.13 bits per heavy atom. The Balaban J connectivity index is 2.80. The van der Waals surface area contributed by atoms with Crippen molar-refractivity contribution in [1.82, 2.24) is 0 Å². The summed E-state index contributed by atoms with van der Waals surface area (Å²) in [5, 5.41) is 0. The van der Waals surface area contributed by atoms with Gasteiger partial charge in [-0.15, -0.1) is 0 Å². The van der Waals surface area contributed by atoms with Crippen molar-refractivity contribution in [2.75, 3.05) is 0 Å². The van der Waals surface area contributed by atoms with E-state index in [1.54, 1.807) is 0 Å². The average molecular weight is 382 g/mol. The Hall–Kier alpha value is 0.390. The molecule has 1 aromatic rings. The number of hydrogen-bond acceptors (Lipinski definition) is 1. The first-order valence-corrected chi connectivity index (χ1v) is 7.12. The van der Waals surface area contributed by atoms with Crippen LogP contribution in [0.25, 0.3) is 0 Å². The van der Waals surface area contributed by atoms with E-state index in [1.807, 2.05) is 0 Å². The summed E-state index contributed by atoms with van der Waals surface area (Å²) in [6.07, 6.45) is 2.25. The highest BCUT2D eigenvalue weighted by Crippen LogP contribution is 2.27. The first-order valence-electron chi connectivity index (χ1n) is 5.25. The molecule has 0 amide bonds. The zero-order valence-electron chi connectivity index (χ0n) is 9.13. The standard InChI is InChI=1S/C12H17BrIN/c1-3-8(2)6-12(15)10-7-9(13)4-5-11(10)14/h4-5,7-8,12H,3,6,15H2,1-2H3. The highest BCUT2D eigenvalue weighted by molar-refractivity contribution is 14.1. The molecule has 0 bridgehead atoms. The number of nitrogens with two attached hydrogens (primary N) is 1. The topological polar surface area (TPSA) is 26.0 Å². The van der Waals surface area contributed by atoms with E-state index in [4.69, 9.17) is 5.73 Å². The van der Waals surface area contributed by atoms with E-state index in [-0.39, 0.29) is 6.04 Å². The normalized spacial score (nSPS) is 15.0. The number of hydrogen-bond donors (Lipinski definition) is 1. The van der Waals surface area contributed by atoms with Gasteiger partial charge >= 0.3 is 0 Å². The minimum absolute atomic E-state index is 0.157. The molecule has 1 aromatic carbocycles. The second-order valence-corrected chi connectivity index (χ2v) is 6.10. The summed E-state index contributed by atoms with van der Waals surface area (Å²) >= 11 is 5.84. The van der Waals surface area contributed by atoms with Gasteiger partial charge in [0.15, 0.2) is 0 Å². The van der Waals surface area contributed by atoms with Gasteiger partial charge in [-0.1, -0.05) is 36.2 Å². The molecule has 2 atom stereocenters. The number of rotatable bonds is 4.